The van der Waals surface area contributed by atoms with E-state index in [0.29, 0.717) is 27.5 Å². The van der Waals surface area contributed by atoms with Gasteiger partial charge in [-0.3, -0.25) is 5.32 Å². The SMILES string of the molecule is CC1CCC(N(C(=O)Nc2ncc(Cl)s2)C2CC3CCC2C3)CC1. The molecule has 6 heteroatoms. The fourth-order valence-corrected chi connectivity index (χ4v) is 5.93. The highest BCUT2D eigenvalue weighted by Gasteiger charge is 2.46. The Kier molecular flexibility index (Phi) is 4.74. The van der Waals surface area contributed by atoms with Gasteiger partial charge >= 0.3 is 6.03 Å². The number of nitrogens with one attached hydrogen (secondary N) is 1. The van der Waals surface area contributed by atoms with Gasteiger partial charge in [-0.1, -0.05) is 36.3 Å². The molecule has 2 amide bonds. The zero-order valence-corrected chi connectivity index (χ0v) is 15.8. The highest BCUT2D eigenvalue weighted by molar-refractivity contribution is 7.19. The minimum Gasteiger partial charge on any atom is -0.318 e. The molecule has 2 bridgehead atoms. The van der Waals surface area contributed by atoms with E-state index in [9.17, 15) is 4.79 Å². The van der Waals surface area contributed by atoms with Gasteiger partial charge in [-0.15, -0.1) is 0 Å². The van der Waals surface area contributed by atoms with Crippen LogP contribution < -0.4 is 5.32 Å². The number of hydrogen-bond acceptors (Lipinski definition) is 3. The molecule has 132 valence electrons. The van der Waals surface area contributed by atoms with Crippen LogP contribution in [0.5, 0.6) is 0 Å². The van der Waals surface area contributed by atoms with Crippen molar-refractivity contribution in [3.05, 3.63) is 10.5 Å². The number of urea groups is 1. The Labute approximate surface area is 153 Å². The average molecular weight is 368 g/mol. The van der Waals surface area contributed by atoms with E-state index >= 15 is 0 Å². The van der Waals surface area contributed by atoms with Crippen molar-refractivity contribution >= 4 is 34.1 Å². The standard InChI is InChI=1S/C18H26ClN3OS/c1-11-2-6-14(7-3-11)22(15-9-12-4-5-13(15)8-12)18(23)21-17-20-10-16(19)24-17/h10-15H,2-9H2,1H3,(H,20,21,23). The number of carbonyl (C=O) groups excluding carboxylic acids is 1. The van der Waals surface area contributed by atoms with Gasteiger partial charge in [-0.25, -0.2) is 9.78 Å². The molecule has 0 saturated heterocycles. The van der Waals surface area contributed by atoms with Crippen molar-refractivity contribution in [3.63, 3.8) is 0 Å². The number of nitrogens with zero attached hydrogens (tertiary/aromatic N) is 2. The van der Waals surface area contributed by atoms with Gasteiger partial charge in [-0.2, -0.15) is 0 Å². The highest BCUT2D eigenvalue weighted by Crippen LogP contribution is 2.48. The van der Waals surface area contributed by atoms with E-state index in [4.69, 9.17) is 11.6 Å². The van der Waals surface area contributed by atoms with Crippen LogP contribution in [-0.2, 0) is 0 Å². The van der Waals surface area contributed by atoms with Crippen LogP contribution in [0.1, 0.15) is 58.3 Å². The van der Waals surface area contributed by atoms with Gasteiger partial charge in [0.2, 0.25) is 0 Å². The minimum absolute atomic E-state index is 0.0399. The van der Waals surface area contributed by atoms with Gasteiger partial charge in [0.25, 0.3) is 0 Å². The van der Waals surface area contributed by atoms with Gasteiger partial charge in [0, 0.05) is 12.1 Å². The largest absolute Gasteiger partial charge is 0.324 e. The lowest BCUT2D eigenvalue weighted by atomic mass is 9.84. The Bertz CT molecular complexity index is 599. The summed E-state index contributed by atoms with van der Waals surface area (Å²) >= 11 is 7.29. The molecule has 1 aromatic rings. The summed E-state index contributed by atoms with van der Waals surface area (Å²) in [5.74, 6) is 2.34. The van der Waals surface area contributed by atoms with Crippen molar-refractivity contribution in [1.29, 1.82) is 0 Å². The highest BCUT2D eigenvalue weighted by atomic mass is 35.5. The summed E-state index contributed by atoms with van der Waals surface area (Å²) in [7, 11) is 0. The first kappa shape index (κ1) is 16.6. The van der Waals surface area contributed by atoms with Gasteiger partial charge in [0.05, 0.1) is 6.20 Å². The van der Waals surface area contributed by atoms with Gasteiger partial charge in [0.15, 0.2) is 5.13 Å². The zero-order chi connectivity index (χ0) is 16.7. The summed E-state index contributed by atoms with van der Waals surface area (Å²) in [4.78, 5) is 19.5. The predicted octanol–water partition coefficient (Wildman–Crippen LogP) is 5.40. The quantitative estimate of drug-likeness (QED) is 0.777. The maximum atomic E-state index is 13.1. The molecule has 0 radical (unpaired) electrons. The molecule has 3 saturated carbocycles. The van der Waals surface area contributed by atoms with Crippen LogP contribution in [0, 0.1) is 17.8 Å². The smallest absolute Gasteiger partial charge is 0.318 e. The Morgan fingerprint density at radius 1 is 1.25 bits per heavy atom. The molecular weight excluding hydrogens is 342 g/mol. The molecule has 0 aliphatic heterocycles. The summed E-state index contributed by atoms with van der Waals surface area (Å²) in [6, 6.07) is 0.858. The van der Waals surface area contributed by atoms with E-state index in [2.05, 4.69) is 22.1 Å². The average Bonchev–Trinajstić information content (AvgIpc) is 3.27. The topological polar surface area (TPSA) is 45.2 Å². The maximum absolute atomic E-state index is 13.1. The van der Waals surface area contributed by atoms with E-state index in [-0.39, 0.29) is 6.03 Å². The number of anilines is 1. The third kappa shape index (κ3) is 3.30. The third-order valence-electron chi connectivity index (χ3n) is 6.36. The second kappa shape index (κ2) is 6.83. The van der Waals surface area contributed by atoms with Crippen molar-refractivity contribution in [2.75, 3.05) is 5.32 Å². The molecule has 3 unspecified atom stereocenters. The van der Waals surface area contributed by atoms with Crippen molar-refractivity contribution in [2.24, 2.45) is 17.8 Å². The van der Waals surface area contributed by atoms with E-state index in [1.807, 2.05) is 0 Å². The fraction of sp³-hybridized carbons (Fsp3) is 0.778. The van der Waals surface area contributed by atoms with Crippen LogP contribution >= 0.6 is 22.9 Å². The molecule has 0 spiro atoms. The van der Waals surface area contributed by atoms with Crippen LogP contribution in [0.3, 0.4) is 0 Å². The number of carbonyl (C=O) groups is 1. The second-order valence-corrected chi connectivity index (χ2v) is 9.62. The van der Waals surface area contributed by atoms with Crippen molar-refractivity contribution in [1.82, 2.24) is 9.88 Å². The molecule has 4 rings (SSSR count). The number of aromatic nitrogens is 1. The second-order valence-electron chi connectivity index (χ2n) is 7.96. The number of hydrogen-bond donors (Lipinski definition) is 1. The molecule has 3 atom stereocenters. The van der Waals surface area contributed by atoms with E-state index in [0.717, 1.165) is 24.7 Å². The molecule has 3 aliphatic carbocycles. The normalized spacial score (nSPS) is 35.2. The van der Waals surface area contributed by atoms with Crippen LogP contribution in [0.4, 0.5) is 9.93 Å². The van der Waals surface area contributed by atoms with Crippen LogP contribution in [-0.4, -0.2) is 28.0 Å². The number of halogens is 1. The maximum Gasteiger partial charge on any atom is 0.324 e. The molecule has 24 heavy (non-hydrogen) atoms. The third-order valence-corrected chi connectivity index (χ3v) is 7.39. The number of fused-ring (bicyclic) bond motifs is 2. The number of thiazole rings is 1. The number of amides is 2. The summed E-state index contributed by atoms with van der Waals surface area (Å²) < 4.78 is 0.614. The lowest BCUT2D eigenvalue weighted by molar-refractivity contribution is 0.0974. The van der Waals surface area contributed by atoms with E-state index < -0.39 is 0 Å². The van der Waals surface area contributed by atoms with Gasteiger partial charge < -0.3 is 4.90 Å². The van der Waals surface area contributed by atoms with Gasteiger partial charge in [-0.05, 0) is 62.7 Å². The summed E-state index contributed by atoms with van der Waals surface area (Å²) in [6.07, 6.45) is 11.5. The van der Waals surface area contributed by atoms with Crippen LogP contribution in [0.25, 0.3) is 0 Å². The molecule has 3 aliphatic rings. The molecular formula is C18H26ClN3OS. The Hall–Kier alpha value is -0.810. The molecule has 1 heterocycles. The first-order valence-electron chi connectivity index (χ1n) is 9.31. The predicted molar refractivity (Wildman–Crippen MR) is 98.6 cm³/mol. The lowest BCUT2D eigenvalue weighted by Gasteiger charge is -2.42. The molecule has 4 nitrogen and oxygen atoms in total. The molecule has 1 N–H and O–H groups in total. The summed E-state index contributed by atoms with van der Waals surface area (Å²) in [6.45, 7) is 2.33. The van der Waals surface area contributed by atoms with E-state index in [1.54, 1.807) is 6.20 Å². The van der Waals surface area contributed by atoms with Crippen molar-refractivity contribution in [3.8, 4) is 0 Å². The van der Waals surface area contributed by atoms with Crippen molar-refractivity contribution < 1.29 is 4.79 Å². The van der Waals surface area contributed by atoms with Crippen molar-refractivity contribution in [2.45, 2.75) is 70.4 Å². The first-order valence-corrected chi connectivity index (χ1v) is 10.5. The first-order chi connectivity index (χ1) is 11.6. The number of rotatable bonds is 3. The molecule has 0 aromatic carbocycles. The van der Waals surface area contributed by atoms with Crippen LogP contribution in [0.15, 0.2) is 6.20 Å². The lowest BCUT2D eigenvalue weighted by Crippen LogP contribution is -2.52. The Morgan fingerprint density at radius 2 is 2.04 bits per heavy atom. The van der Waals surface area contributed by atoms with Crippen LogP contribution in [0.2, 0.25) is 4.34 Å². The van der Waals surface area contributed by atoms with E-state index in [1.165, 1.54) is 49.9 Å². The minimum atomic E-state index is 0.0399. The van der Waals surface area contributed by atoms with Gasteiger partial charge in [0.1, 0.15) is 4.34 Å². The monoisotopic (exact) mass is 367 g/mol. The zero-order valence-electron chi connectivity index (χ0n) is 14.2. The Morgan fingerprint density at radius 3 is 2.62 bits per heavy atom. The molecule has 3 fully saturated rings. The Balaban J connectivity index is 1.52. The molecule has 1 aromatic heterocycles. The summed E-state index contributed by atoms with van der Waals surface area (Å²) in [5, 5.41) is 3.63. The fourth-order valence-electron chi connectivity index (χ4n) is 5.13. The summed E-state index contributed by atoms with van der Waals surface area (Å²) in [5.41, 5.74) is 0.